The van der Waals surface area contributed by atoms with Crippen LogP contribution < -0.4 is 4.72 Å². The fourth-order valence-corrected chi connectivity index (χ4v) is 4.39. The van der Waals surface area contributed by atoms with E-state index in [-0.39, 0.29) is 12.1 Å². The fourth-order valence-electron chi connectivity index (χ4n) is 2.76. The topological polar surface area (TPSA) is 58.6 Å². The Balaban J connectivity index is 1.97. The number of benzene rings is 1. The first-order valence-electron chi connectivity index (χ1n) is 7.70. The third kappa shape index (κ3) is 4.52. The van der Waals surface area contributed by atoms with Crippen molar-refractivity contribution in [3.05, 3.63) is 35.9 Å². The number of nitrogens with one attached hydrogen (secondary N) is 1. The zero-order valence-corrected chi connectivity index (χ0v) is 14.3. The van der Waals surface area contributed by atoms with E-state index in [0.717, 1.165) is 6.42 Å². The fraction of sp³-hybridized carbons (Fsp3) is 0.625. The number of ether oxygens (including phenoxy) is 1. The molecule has 0 saturated carbocycles. The van der Waals surface area contributed by atoms with Crippen LogP contribution in [-0.2, 0) is 21.2 Å². The highest BCUT2D eigenvalue weighted by Crippen LogP contribution is 2.20. The normalized spacial score (nSPS) is 23.8. The predicted octanol–water partition coefficient (Wildman–Crippen LogP) is 1.26. The van der Waals surface area contributed by atoms with Gasteiger partial charge in [0.2, 0.25) is 10.0 Å². The lowest BCUT2D eigenvalue weighted by Crippen LogP contribution is -2.45. The first kappa shape index (κ1) is 17.4. The van der Waals surface area contributed by atoms with Gasteiger partial charge in [-0.05, 0) is 39.4 Å². The standard InChI is InChI=1S/C16H26N2O3S/c1-13-16(9-10-21-13)22(19,20)17-12-15(18(2)3)11-14-7-5-4-6-8-14/h4-8,13,15-17H,9-12H2,1-3H3/t13-,15+,16-/m0/s1. The summed E-state index contributed by atoms with van der Waals surface area (Å²) in [5.41, 5.74) is 1.21. The zero-order chi connectivity index (χ0) is 16.2. The van der Waals surface area contributed by atoms with E-state index in [1.807, 2.05) is 39.2 Å². The molecule has 0 aliphatic carbocycles. The van der Waals surface area contributed by atoms with Crippen LogP contribution in [0, 0.1) is 0 Å². The largest absolute Gasteiger partial charge is 0.377 e. The minimum atomic E-state index is -3.33. The molecule has 1 aliphatic rings. The summed E-state index contributed by atoms with van der Waals surface area (Å²) in [4.78, 5) is 2.06. The van der Waals surface area contributed by atoms with Gasteiger partial charge in [0.1, 0.15) is 5.25 Å². The Hall–Kier alpha value is -0.950. The van der Waals surface area contributed by atoms with Gasteiger partial charge < -0.3 is 9.64 Å². The molecular weight excluding hydrogens is 300 g/mol. The molecular formula is C16H26N2O3S. The second-order valence-corrected chi connectivity index (χ2v) is 8.09. The molecule has 0 spiro atoms. The highest BCUT2D eigenvalue weighted by molar-refractivity contribution is 7.90. The summed E-state index contributed by atoms with van der Waals surface area (Å²) < 4.78 is 33.0. The van der Waals surface area contributed by atoms with Gasteiger partial charge in [-0.25, -0.2) is 13.1 Å². The Kier molecular flexibility index (Phi) is 5.97. The monoisotopic (exact) mass is 326 g/mol. The molecule has 0 radical (unpaired) electrons. The van der Waals surface area contributed by atoms with Crippen molar-refractivity contribution in [3.8, 4) is 0 Å². The van der Waals surface area contributed by atoms with E-state index in [1.54, 1.807) is 0 Å². The number of sulfonamides is 1. The summed E-state index contributed by atoms with van der Waals surface area (Å²) in [6.07, 6.45) is 1.15. The maximum atomic E-state index is 12.4. The molecule has 1 heterocycles. The molecule has 6 heteroatoms. The van der Waals surface area contributed by atoms with Gasteiger partial charge in [0.15, 0.2) is 0 Å². The van der Waals surface area contributed by atoms with Crippen molar-refractivity contribution in [2.45, 2.75) is 37.2 Å². The second-order valence-electron chi connectivity index (χ2n) is 6.10. The average Bonchev–Trinajstić information content (AvgIpc) is 2.91. The van der Waals surface area contributed by atoms with Crippen molar-refractivity contribution >= 4 is 10.0 Å². The lowest BCUT2D eigenvalue weighted by atomic mass is 10.1. The van der Waals surface area contributed by atoms with E-state index in [2.05, 4.69) is 21.8 Å². The molecule has 1 N–H and O–H groups in total. The van der Waals surface area contributed by atoms with E-state index in [4.69, 9.17) is 4.74 Å². The van der Waals surface area contributed by atoms with Crippen molar-refractivity contribution in [1.29, 1.82) is 0 Å². The van der Waals surface area contributed by atoms with E-state index in [0.29, 0.717) is 19.6 Å². The van der Waals surface area contributed by atoms with Crippen LogP contribution in [0.4, 0.5) is 0 Å². The van der Waals surface area contributed by atoms with Crippen molar-refractivity contribution < 1.29 is 13.2 Å². The molecule has 3 atom stereocenters. The van der Waals surface area contributed by atoms with Crippen molar-refractivity contribution in [2.24, 2.45) is 0 Å². The van der Waals surface area contributed by atoms with Gasteiger partial charge in [0.05, 0.1) is 6.10 Å². The molecule has 5 nitrogen and oxygen atoms in total. The Bertz CT molecular complexity index is 560. The summed E-state index contributed by atoms with van der Waals surface area (Å²) >= 11 is 0. The van der Waals surface area contributed by atoms with Crippen LogP contribution in [0.5, 0.6) is 0 Å². The summed E-state index contributed by atoms with van der Waals surface area (Å²) in [7, 11) is 0.619. The van der Waals surface area contributed by atoms with E-state index in [9.17, 15) is 8.42 Å². The van der Waals surface area contributed by atoms with Gasteiger partial charge in [-0.15, -0.1) is 0 Å². The maximum absolute atomic E-state index is 12.4. The molecule has 1 saturated heterocycles. The first-order chi connectivity index (χ1) is 10.4. The van der Waals surface area contributed by atoms with Crippen molar-refractivity contribution in [1.82, 2.24) is 9.62 Å². The maximum Gasteiger partial charge on any atom is 0.217 e. The van der Waals surface area contributed by atoms with Crippen LogP contribution >= 0.6 is 0 Å². The van der Waals surface area contributed by atoms with Gasteiger partial charge in [0, 0.05) is 19.2 Å². The number of likely N-dealkylation sites (N-methyl/N-ethyl adjacent to an activating group) is 1. The van der Waals surface area contributed by atoms with E-state index in [1.165, 1.54) is 5.56 Å². The first-order valence-corrected chi connectivity index (χ1v) is 9.25. The molecule has 22 heavy (non-hydrogen) atoms. The predicted molar refractivity (Wildman–Crippen MR) is 88.4 cm³/mol. The third-order valence-electron chi connectivity index (χ3n) is 4.27. The van der Waals surface area contributed by atoms with Gasteiger partial charge in [-0.3, -0.25) is 0 Å². The molecule has 0 aromatic heterocycles. The number of hydrogen-bond donors (Lipinski definition) is 1. The van der Waals surface area contributed by atoms with Crippen LogP contribution in [0.1, 0.15) is 18.9 Å². The minimum Gasteiger partial charge on any atom is -0.377 e. The Morgan fingerprint density at radius 1 is 1.32 bits per heavy atom. The van der Waals surface area contributed by atoms with Crippen LogP contribution in [0.3, 0.4) is 0 Å². The van der Waals surface area contributed by atoms with E-state index >= 15 is 0 Å². The van der Waals surface area contributed by atoms with Gasteiger partial charge >= 0.3 is 0 Å². The smallest absolute Gasteiger partial charge is 0.217 e. The van der Waals surface area contributed by atoms with Gasteiger partial charge in [-0.2, -0.15) is 0 Å². The van der Waals surface area contributed by atoms with Crippen LogP contribution in [0.15, 0.2) is 30.3 Å². The third-order valence-corrected chi connectivity index (χ3v) is 6.25. The quantitative estimate of drug-likeness (QED) is 0.819. The Morgan fingerprint density at radius 2 is 2.00 bits per heavy atom. The zero-order valence-electron chi connectivity index (χ0n) is 13.5. The molecule has 0 amide bonds. The lowest BCUT2D eigenvalue weighted by Gasteiger charge is -2.26. The van der Waals surface area contributed by atoms with Gasteiger partial charge in [0.25, 0.3) is 0 Å². The summed E-state index contributed by atoms with van der Waals surface area (Å²) in [6.45, 7) is 2.76. The summed E-state index contributed by atoms with van der Waals surface area (Å²) in [6, 6.07) is 10.2. The molecule has 0 unspecified atom stereocenters. The van der Waals surface area contributed by atoms with Gasteiger partial charge in [-0.1, -0.05) is 30.3 Å². The molecule has 1 aromatic rings. The van der Waals surface area contributed by atoms with Crippen LogP contribution in [-0.4, -0.2) is 58.0 Å². The number of nitrogens with zero attached hydrogens (tertiary/aromatic N) is 1. The molecule has 1 fully saturated rings. The number of hydrogen-bond acceptors (Lipinski definition) is 4. The van der Waals surface area contributed by atoms with Crippen LogP contribution in [0.2, 0.25) is 0 Å². The molecule has 124 valence electrons. The van der Waals surface area contributed by atoms with Crippen LogP contribution in [0.25, 0.3) is 0 Å². The highest BCUT2D eigenvalue weighted by Gasteiger charge is 2.35. The van der Waals surface area contributed by atoms with Crippen molar-refractivity contribution in [3.63, 3.8) is 0 Å². The lowest BCUT2D eigenvalue weighted by molar-refractivity contribution is 0.126. The Labute approximate surface area is 133 Å². The molecule has 1 aromatic carbocycles. The van der Waals surface area contributed by atoms with Crippen molar-refractivity contribution in [2.75, 3.05) is 27.2 Å². The summed E-state index contributed by atoms with van der Waals surface area (Å²) in [5.74, 6) is 0. The summed E-state index contributed by atoms with van der Waals surface area (Å²) in [5, 5.41) is -0.438. The number of rotatable bonds is 7. The SMILES string of the molecule is C[C@@H]1OCC[C@@H]1S(=O)(=O)NC[C@@H](Cc1ccccc1)N(C)C. The molecule has 2 rings (SSSR count). The average molecular weight is 326 g/mol. The molecule has 1 aliphatic heterocycles. The molecule has 0 bridgehead atoms. The Morgan fingerprint density at radius 3 is 2.55 bits per heavy atom. The van der Waals surface area contributed by atoms with E-state index < -0.39 is 15.3 Å². The second kappa shape index (κ2) is 7.55. The minimum absolute atomic E-state index is 0.120. The highest BCUT2D eigenvalue weighted by atomic mass is 32.2.